The summed E-state index contributed by atoms with van der Waals surface area (Å²) in [6.45, 7) is -0.0860. The monoisotopic (exact) mass is 190 g/mol. The van der Waals surface area contributed by atoms with Crippen LogP contribution in [-0.2, 0) is 4.74 Å². The van der Waals surface area contributed by atoms with Crippen LogP contribution in [0.25, 0.3) is 0 Å². The standard InChI is InChI=1S/C5H9F3O2S/c1-10-3-2-4(6)5(7,8)11-9/h4,9H,2-3H2,1H3. The third kappa shape index (κ3) is 3.83. The van der Waals surface area contributed by atoms with Gasteiger partial charge in [0.2, 0.25) is 0 Å². The lowest BCUT2D eigenvalue weighted by Gasteiger charge is -2.15. The minimum atomic E-state index is -3.72. The van der Waals surface area contributed by atoms with E-state index in [1.54, 1.807) is 0 Å². The highest BCUT2D eigenvalue weighted by Gasteiger charge is 2.40. The molecule has 0 saturated carbocycles. The van der Waals surface area contributed by atoms with Crippen LogP contribution in [0.4, 0.5) is 13.2 Å². The van der Waals surface area contributed by atoms with Gasteiger partial charge in [0.25, 0.3) is 0 Å². The van der Waals surface area contributed by atoms with Crippen molar-refractivity contribution < 1.29 is 22.5 Å². The van der Waals surface area contributed by atoms with Crippen molar-refractivity contribution in [2.75, 3.05) is 13.7 Å². The highest BCUT2D eigenvalue weighted by Crippen LogP contribution is 2.33. The van der Waals surface area contributed by atoms with Gasteiger partial charge in [-0.3, -0.25) is 0 Å². The Hall–Kier alpha value is 0.0600. The SMILES string of the molecule is COCCC(F)C(F)(F)SO. The van der Waals surface area contributed by atoms with Gasteiger partial charge in [0, 0.05) is 20.1 Å². The fourth-order valence-corrected chi connectivity index (χ4v) is 0.679. The maximum atomic E-state index is 12.4. The predicted octanol–water partition coefficient (Wildman–Crippen LogP) is 2.16. The zero-order valence-electron chi connectivity index (χ0n) is 5.89. The summed E-state index contributed by atoms with van der Waals surface area (Å²) in [7, 11) is 1.29. The molecule has 0 radical (unpaired) electrons. The highest BCUT2D eigenvalue weighted by atomic mass is 32.2. The zero-order valence-corrected chi connectivity index (χ0v) is 6.71. The van der Waals surface area contributed by atoms with E-state index in [9.17, 15) is 13.2 Å². The molecule has 2 nitrogen and oxygen atoms in total. The fourth-order valence-electron chi connectivity index (χ4n) is 0.447. The Morgan fingerprint density at radius 3 is 2.55 bits per heavy atom. The Kier molecular flexibility index (Phi) is 4.87. The lowest BCUT2D eigenvalue weighted by molar-refractivity contribution is -0.00417. The van der Waals surface area contributed by atoms with Crippen LogP contribution < -0.4 is 0 Å². The number of hydrogen-bond donors (Lipinski definition) is 1. The van der Waals surface area contributed by atoms with Crippen molar-refractivity contribution in [1.82, 2.24) is 0 Å². The van der Waals surface area contributed by atoms with Crippen LogP contribution in [0.2, 0.25) is 0 Å². The topological polar surface area (TPSA) is 29.5 Å². The molecule has 0 aromatic carbocycles. The Morgan fingerprint density at radius 2 is 2.18 bits per heavy atom. The molecular formula is C5H9F3O2S. The summed E-state index contributed by atoms with van der Waals surface area (Å²) in [5, 5.41) is -3.72. The summed E-state index contributed by atoms with van der Waals surface area (Å²) in [5.74, 6) is 0. The summed E-state index contributed by atoms with van der Waals surface area (Å²) in [4.78, 5) is 0. The van der Waals surface area contributed by atoms with Crippen LogP contribution in [0.5, 0.6) is 0 Å². The minimum absolute atomic E-state index is 0.0860. The van der Waals surface area contributed by atoms with Crippen molar-refractivity contribution in [3.63, 3.8) is 0 Å². The molecule has 0 aliphatic rings. The maximum absolute atomic E-state index is 12.4. The Morgan fingerprint density at radius 1 is 1.64 bits per heavy atom. The Bertz CT molecular complexity index is 112. The van der Waals surface area contributed by atoms with E-state index >= 15 is 0 Å². The summed E-state index contributed by atoms with van der Waals surface area (Å²) in [5.41, 5.74) is 0. The van der Waals surface area contributed by atoms with Crippen LogP contribution >= 0.6 is 12.0 Å². The van der Waals surface area contributed by atoms with Gasteiger partial charge < -0.3 is 9.29 Å². The van der Waals surface area contributed by atoms with Gasteiger partial charge in [0.1, 0.15) is 0 Å². The van der Waals surface area contributed by atoms with E-state index in [4.69, 9.17) is 4.55 Å². The van der Waals surface area contributed by atoms with Crippen molar-refractivity contribution in [1.29, 1.82) is 0 Å². The molecule has 0 bridgehead atoms. The Balaban J connectivity index is 3.71. The second-order valence-corrected chi connectivity index (χ2v) is 2.63. The first kappa shape index (κ1) is 11.1. The van der Waals surface area contributed by atoms with E-state index in [0.29, 0.717) is 0 Å². The van der Waals surface area contributed by atoms with E-state index in [0.717, 1.165) is 0 Å². The van der Waals surface area contributed by atoms with E-state index in [2.05, 4.69) is 4.74 Å². The molecule has 0 saturated heterocycles. The summed E-state index contributed by atoms with van der Waals surface area (Å²) < 4.78 is 49.0. The number of hydrogen-bond acceptors (Lipinski definition) is 3. The molecule has 0 fully saturated rings. The average molecular weight is 190 g/mol. The smallest absolute Gasteiger partial charge is 0.348 e. The number of halogens is 3. The molecule has 1 N–H and O–H groups in total. The molecule has 6 heteroatoms. The van der Waals surface area contributed by atoms with E-state index in [1.807, 2.05) is 0 Å². The third-order valence-corrected chi connectivity index (χ3v) is 1.56. The van der Waals surface area contributed by atoms with Gasteiger partial charge in [0.15, 0.2) is 6.17 Å². The average Bonchev–Trinajstić information content (AvgIpc) is 2.00. The van der Waals surface area contributed by atoms with E-state index in [1.165, 1.54) is 7.11 Å². The van der Waals surface area contributed by atoms with E-state index in [-0.39, 0.29) is 6.61 Å². The minimum Gasteiger partial charge on any atom is -0.385 e. The lowest BCUT2D eigenvalue weighted by Crippen LogP contribution is -2.26. The molecular weight excluding hydrogens is 181 g/mol. The number of alkyl halides is 3. The first-order valence-electron chi connectivity index (χ1n) is 2.88. The predicted molar refractivity (Wildman–Crippen MR) is 36.6 cm³/mol. The van der Waals surface area contributed by atoms with Crippen LogP contribution in [0.3, 0.4) is 0 Å². The largest absolute Gasteiger partial charge is 0.385 e. The maximum Gasteiger partial charge on any atom is 0.348 e. The molecule has 0 aromatic rings. The summed E-state index contributed by atoms with van der Waals surface area (Å²) >= 11 is -0.778. The first-order valence-corrected chi connectivity index (χ1v) is 3.65. The fraction of sp³-hybridized carbons (Fsp3) is 1.00. The second-order valence-electron chi connectivity index (χ2n) is 1.90. The van der Waals surface area contributed by atoms with Crippen LogP contribution in [-0.4, -0.2) is 29.7 Å². The number of ether oxygens (including phenoxy) is 1. The summed E-state index contributed by atoms with van der Waals surface area (Å²) in [6, 6.07) is 0. The molecule has 1 unspecified atom stereocenters. The van der Waals surface area contributed by atoms with Crippen molar-refractivity contribution in [3.05, 3.63) is 0 Å². The lowest BCUT2D eigenvalue weighted by atomic mass is 10.3. The summed E-state index contributed by atoms with van der Waals surface area (Å²) in [6.07, 6.45) is -2.78. The molecule has 0 spiro atoms. The second kappa shape index (κ2) is 4.84. The van der Waals surface area contributed by atoms with Gasteiger partial charge >= 0.3 is 5.25 Å². The van der Waals surface area contributed by atoms with Gasteiger partial charge in [0.05, 0.1) is 12.0 Å². The molecule has 0 rings (SSSR count). The molecule has 0 aliphatic heterocycles. The molecule has 0 heterocycles. The van der Waals surface area contributed by atoms with Crippen LogP contribution in [0.15, 0.2) is 0 Å². The first-order chi connectivity index (χ1) is 5.04. The zero-order chi connectivity index (χ0) is 8.91. The quantitative estimate of drug-likeness (QED) is 0.673. The number of methoxy groups -OCH3 is 1. The van der Waals surface area contributed by atoms with E-state index < -0.39 is 29.9 Å². The van der Waals surface area contributed by atoms with Crippen LogP contribution in [0, 0.1) is 0 Å². The molecule has 11 heavy (non-hydrogen) atoms. The van der Waals surface area contributed by atoms with Gasteiger partial charge in [-0.25, -0.2) is 4.39 Å². The van der Waals surface area contributed by atoms with Gasteiger partial charge in [-0.15, -0.1) is 0 Å². The number of rotatable bonds is 5. The van der Waals surface area contributed by atoms with Crippen molar-refractivity contribution in [3.8, 4) is 0 Å². The van der Waals surface area contributed by atoms with Gasteiger partial charge in [-0.05, 0) is 0 Å². The van der Waals surface area contributed by atoms with Gasteiger partial charge in [-0.1, -0.05) is 0 Å². The molecule has 0 amide bonds. The normalized spacial score (nSPS) is 15.0. The Labute approximate surface area is 66.9 Å². The molecule has 1 atom stereocenters. The third-order valence-electron chi connectivity index (χ3n) is 1.06. The molecule has 0 aliphatic carbocycles. The van der Waals surface area contributed by atoms with Crippen molar-refractivity contribution in [2.24, 2.45) is 0 Å². The van der Waals surface area contributed by atoms with Crippen molar-refractivity contribution in [2.45, 2.75) is 17.8 Å². The van der Waals surface area contributed by atoms with Crippen molar-refractivity contribution >= 4 is 12.0 Å². The molecule has 68 valence electrons. The van der Waals surface area contributed by atoms with Gasteiger partial charge in [-0.2, -0.15) is 8.78 Å². The van der Waals surface area contributed by atoms with Crippen LogP contribution in [0.1, 0.15) is 6.42 Å². The highest BCUT2D eigenvalue weighted by molar-refractivity contribution is 7.94. The molecule has 0 aromatic heterocycles.